The van der Waals surface area contributed by atoms with Crippen LogP contribution in [0.1, 0.15) is 84.0 Å². The highest BCUT2D eigenvalue weighted by molar-refractivity contribution is 5.66. The van der Waals surface area contributed by atoms with Crippen molar-refractivity contribution in [3.8, 4) is 0 Å². The minimum atomic E-state index is -0.746. The van der Waals surface area contributed by atoms with Gasteiger partial charge in [0, 0.05) is 6.42 Å². The zero-order valence-corrected chi connectivity index (χ0v) is 15.5. The molecule has 0 amide bonds. The van der Waals surface area contributed by atoms with Crippen LogP contribution in [0.5, 0.6) is 0 Å². The third-order valence-electron chi connectivity index (χ3n) is 3.76. The molecule has 0 atom stereocenters. The summed E-state index contributed by atoms with van der Waals surface area (Å²) >= 11 is 0. The van der Waals surface area contributed by atoms with E-state index in [1.807, 2.05) is 24.3 Å². The highest BCUT2D eigenvalue weighted by Gasteiger charge is 1.90. The van der Waals surface area contributed by atoms with Gasteiger partial charge in [-0.25, -0.2) is 0 Å². The standard InChI is InChI=1S/C22H36O2/c1-2-3-4-5-6-7-8-9-10-11-12-13-14-15-16-17-18-19-20-21-22(23)24/h9-10,14-19H,2-8,11-13,20-21H2,1H3,(H,23,24)/b10-9+,15-14+,17-16+,19-18+. The average Bonchev–Trinajstić information content (AvgIpc) is 2.56. The number of hydrogen-bond acceptors (Lipinski definition) is 1. The summed E-state index contributed by atoms with van der Waals surface area (Å²) in [7, 11) is 0. The van der Waals surface area contributed by atoms with E-state index in [-0.39, 0.29) is 6.42 Å². The molecule has 136 valence electrons. The molecule has 0 bridgehead atoms. The van der Waals surface area contributed by atoms with Crippen LogP contribution in [0.15, 0.2) is 48.6 Å². The van der Waals surface area contributed by atoms with Gasteiger partial charge in [0.1, 0.15) is 0 Å². The van der Waals surface area contributed by atoms with Crippen molar-refractivity contribution in [2.75, 3.05) is 0 Å². The molecule has 0 radical (unpaired) electrons. The van der Waals surface area contributed by atoms with Crippen LogP contribution in [0.3, 0.4) is 0 Å². The molecule has 0 saturated heterocycles. The molecule has 2 nitrogen and oxygen atoms in total. The molecule has 0 saturated carbocycles. The van der Waals surface area contributed by atoms with Crippen molar-refractivity contribution in [3.05, 3.63) is 48.6 Å². The van der Waals surface area contributed by atoms with Crippen molar-refractivity contribution in [1.29, 1.82) is 0 Å². The minimum absolute atomic E-state index is 0.201. The second-order valence-corrected chi connectivity index (χ2v) is 6.13. The van der Waals surface area contributed by atoms with Crippen LogP contribution >= 0.6 is 0 Å². The van der Waals surface area contributed by atoms with E-state index in [4.69, 9.17) is 5.11 Å². The van der Waals surface area contributed by atoms with E-state index in [0.29, 0.717) is 6.42 Å². The number of unbranched alkanes of at least 4 members (excludes halogenated alkanes) is 8. The Bertz CT molecular complexity index is 389. The summed E-state index contributed by atoms with van der Waals surface area (Å²) < 4.78 is 0. The van der Waals surface area contributed by atoms with Crippen molar-refractivity contribution in [3.63, 3.8) is 0 Å². The van der Waals surface area contributed by atoms with Gasteiger partial charge in [-0.1, -0.05) is 87.6 Å². The maximum Gasteiger partial charge on any atom is 0.303 e. The lowest BCUT2D eigenvalue weighted by atomic mass is 10.1. The van der Waals surface area contributed by atoms with Crippen LogP contribution in [-0.2, 0) is 4.79 Å². The van der Waals surface area contributed by atoms with Gasteiger partial charge in [0.25, 0.3) is 0 Å². The molecule has 0 aromatic rings. The zero-order valence-electron chi connectivity index (χ0n) is 15.5. The minimum Gasteiger partial charge on any atom is -0.481 e. The molecule has 2 heteroatoms. The molecular weight excluding hydrogens is 296 g/mol. The first-order valence-corrected chi connectivity index (χ1v) is 9.62. The largest absolute Gasteiger partial charge is 0.481 e. The van der Waals surface area contributed by atoms with Crippen LogP contribution in [0, 0.1) is 0 Å². The Labute approximate surface area is 149 Å². The third-order valence-corrected chi connectivity index (χ3v) is 3.76. The monoisotopic (exact) mass is 332 g/mol. The van der Waals surface area contributed by atoms with E-state index in [0.717, 1.165) is 6.42 Å². The second kappa shape index (κ2) is 19.5. The van der Waals surface area contributed by atoms with Crippen molar-refractivity contribution < 1.29 is 9.90 Å². The molecule has 0 fully saturated rings. The number of carboxylic acid groups (broad SMARTS) is 1. The molecule has 0 rings (SSSR count). The summed E-state index contributed by atoms with van der Waals surface area (Å²) in [5.41, 5.74) is 0. The molecule has 0 aliphatic rings. The van der Waals surface area contributed by atoms with E-state index >= 15 is 0 Å². The van der Waals surface area contributed by atoms with Gasteiger partial charge < -0.3 is 5.11 Å². The fraction of sp³-hybridized carbons (Fsp3) is 0.591. The Balaban J connectivity index is 3.36. The normalized spacial score (nSPS) is 12.4. The topological polar surface area (TPSA) is 37.3 Å². The predicted molar refractivity (Wildman–Crippen MR) is 105 cm³/mol. The summed E-state index contributed by atoms with van der Waals surface area (Å²) in [6, 6.07) is 0. The smallest absolute Gasteiger partial charge is 0.303 e. The van der Waals surface area contributed by atoms with Crippen molar-refractivity contribution in [1.82, 2.24) is 0 Å². The van der Waals surface area contributed by atoms with Crippen LogP contribution in [0.2, 0.25) is 0 Å². The van der Waals surface area contributed by atoms with Gasteiger partial charge >= 0.3 is 5.97 Å². The zero-order chi connectivity index (χ0) is 17.7. The molecule has 24 heavy (non-hydrogen) atoms. The van der Waals surface area contributed by atoms with E-state index < -0.39 is 5.97 Å². The van der Waals surface area contributed by atoms with Gasteiger partial charge in [0.05, 0.1) is 0 Å². The molecule has 1 N–H and O–H groups in total. The lowest BCUT2D eigenvalue weighted by molar-refractivity contribution is -0.136. The SMILES string of the molecule is CCCCCCCC/C=C/CCC/C=C/C=C/C=C/CCC(=O)O. The first-order valence-electron chi connectivity index (χ1n) is 9.62. The number of aliphatic carboxylic acids is 1. The van der Waals surface area contributed by atoms with Gasteiger partial charge in [0.2, 0.25) is 0 Å². The average molecular weight is 333 g/mol. The fourth-order valence-electron chi connectivity index (χ4n) is 2.32. The molecule has 0 aliphatic carbocycles. The molecule has 0 aliphatic heterocycles. The quantitative estimate of drug-likeness (QED) is 0.188. The maximum absolute atomic E-state index is 10.3. The molecule has 0 aromatic carbocycles. The Kier molecular flexibility index (Phi) is 18.2. The Hall–Kier alpha value is -1.57. The van der Waals surface area contributed by atoms with E-state index in [1.54, 1.807) is 0 Å². The van der Waals surface area contributed by atoms with Gasteiger partial charge in [-0.3, -0.25) is 4.79 Å². The number of carboxylic acids is 1. The molecule has 0 spiro atoms. The highest BCUT2D eigenvalue weighted by Crippen LogP contribution is 2.07. The van der Waals surface area contributed by atoms with Gasteiger partial charge in [-0.05, 0) is 38.5 Å². The number of carbonyl (C=O) groups is 1. The summed E-state index contributed by atoms with van der Waals surface area (Å²) in [6.07, 6.45) is 30.3. The maximum atomic E-state index is 10.3. The third kappa shape index (κ3) is 20.4. The molecule has 0 aromatic heterocycles. The number of rotatable bonds is 16. The van der Waals surface area contributed by atoms with Gasteiger partial charge in [0.15, 0.2) is 0 Å². The van der Waals surface area contributed by atoms with E-state index in [2.05, 4.69) is 31.2 Å². The predicted octanol–water partition coefficient (Wildman–Crippen LogP) is 7.00. The van der Waals surface area contributed by atoms with Crippen molar-refractivity contribution in [2.45, 2.75) is 84.0 Å². The molecule has 0 heterocycles. The second-order valence-electron chi connectivity index (χ2n) is 6.13. The lowest BCUT2D eigenvalue weighted by Crippen LogP contribution is -1.91. The first kappa shape index (κ1) is 22.4. The van der Waals surface area contributed by atoms with E-state index in [1.165, 1.54) is 57.8 Å². The first-order chi connectivity index (χ1) is 11.8. The van der Waals surface area contributed by atoms with Crippen LogP contribution in [0.4, 0.5) is 0 Å². The summed E-state index contributed by atoms with van der Waals surface area (Å²) in [6.45, 7) is 2.26. The lowest BCUT2D eigenvalue weighted by Gasteiger charge is -1.97. The Morgan fingerprint density at radius 3 is 1.88 bits per heavy atom. The Morgan fingerprint density at radius 1 is 0.667 bits per heavy atom. The number of hydrogen-bond donors (Lipinski definition) is 1. The highest BCUT2D eigenvalue weighted by atomic mass is 16.4. The fourth-order valence-corrected chi connectivity index (χ4v) is 2.32. The molecular formula is C22H36O2. The van der Waals surface area contributed by atoms with Gasteiger partial charge in [-0.2, -0.15) is 0 Å². The summed E-state index contributed by atoms with van der Waals surface area (Å²) in [4.78, 5) is 10.3. The van der Waals surface area contributed by atoms with Gasteiger partial charge in [-0.15, -0.1) is 0 Å². The number of allylic oxidation sites excluding steroid dienone is 8. The van der Waals surface area contributed by atoms with Crippen molar-refractivity contribution in [2.24, 2.45) is 0 Å². The van der Waals surface area contributed by atoms with Crippen molar-refractivity contribution >= 4 is 5.97 Å². The van der Waals surface area contributed by atoms with Crippen LogP contribution in [-0.4, -0.2) is 11.1 Å². The Morgan fingerprint density at radius 2 is 1.21 bits per heavy atom. The van der Waals surface area contributed by atoms with Crippen LogP contribution in [0.25, 0.3) is 0 Å². The summed E-state index contributed by atoms with van der Waals surface area (Å²) in [5, 5.41) is 8.49. The van der Waals surface area contributed by atoms with Crippen LogP contribution < -0.4 is 0 Å². The molecule has 0 unspecified atom stereocenters. The summed E-state index contributed by atoms with van der Waals surface area (Å²) in [5.74, 6) is -0.746. The van der Waals surface area contributed by atoms with E-state index in [9.17, 15) is 4.79 Å².